The maximum absolute atomic E-state index is 12.6. The van der Waals surface area contributed by atoms with Crippen molar-refractivity contribution in [3.8, 4) is 5.75 Å². The third kappa shape index (κ3) is 6.91. The molecule has 1 heterocycles. The van der Waals surface area contributed by atoms with E-state index in [1.807, 2.05) is 45.0 Å². The van der Waals surface area contributed by atoms with Crippen LogP contribution in [0.2, 0.25) is 0 Å². The van der Waals surface area contributed by atoms with Gasteiger partial charge in [0.05, 0.1) is 6.61 Å². The molecule has 154 valence electrons. The van der Waals surface area contributed by atoms with Gasteiger partial charge in [0, 0.05) is 37.8 Å². The second-order valence-electron chi connectivity index (χ2n) is 7.87. The molecule has 2 amide bonds. The fourth-order valence-corrected chi connectivity index (χ4v) is 2.88. The Bertz CT molecular complexity index is 694. The highest BCUT2D eigenvalue weighted by Crippen LogP contribution is 2.20. The molecule has 2 rings (SSSR count). The first kappa shape index (κ1) is 21.8. The Morgan fingerprint density at radius 3 is 2.46 bits per heavy atom. The Balaban J connectivity index is 1.95. The third-order valence-electron chi connectivity index (χ3n) is 4.25. The molecular formula is C22H32N2O4. The Hall–Kier alpha value is -2.50. The number of hydrogen-bond acceptors (Lipinski definition) is 4. The van der Waals surface area contributed by atoms with Crippen molar-refractivity contribution in [3.63, 3.8) is 0 Å². The van der Waals surface area contributed by atoms with Crippen molar-refractivity contribution in [2.24, 2.45) is 0 Å². The number of rotatable bonds is 5. The Labute approximate surface area is 168 Å². The average Bonchev–Trinajstić information content (AvgIpc) is 2.90. The molecule has 1 aromatic carbocycles. The van der Waals surface area contributed by atoms with Gasteiger partial charge in [-0.25, -0.2) is 4.79 Å². The molecule has 6 heteroatoms. The van der Waals surface area contributed by atoms with Crippen molar-refractivity contribution in [2.75, 3.05) is 32.8 Å². The van der Waals surface area contributed by atoms with Gasteiger partial charge in [-0.05, 0) is 45.8 Å². The molecule has 1 aliphatic rings. The van der Waals surface area contributed by atoms with Crippen LogP contribution in [-0.4, -0.2) is 60.2 Å². The Morgan fingerprint density at radius 2 is 1.75 bits per heavy atom. The van der Waals surface area contributed by atoms with Crippen molar-refractivity contribution >= 4 is 18.1 Å². The Kier molecular flexibility index (Phi) is 7.91. The van der Waals surface area contributed by atoms with Crippen LogP contribution in [0.3, 0.4) is 0 Å². The predicted octanol–water partition coefficient (Wildman–Crippen LogP) is 3.96. The predicted molar refractivity (Wildman–Crippen MR) is 110 cm³/mol. The second-order valence-corrected chi connectivity index (χ2v) is 7.87. The molecule has 0 unspecified atom stereocenters. The van der Waals surface area contributed by atoms with Crippen LogP contribution in [0.5, 0.6) is 5.75 Å². The molecule has 1 saturated heterocycles. The minimum absolute atomic E-state index is 0.0590. The number of carbonyl (C=O) groups is 2. The zero-order chi connectivity index (χ0) is 20.6. The second kappa shape index (κ2) is 10.2. The normalized spacial score (nSPS) is 15.4. The fourth-order valence-electron chi connectivity index (χ4n) is 2.88. The lowest BCUT2D eigenvalue weighted by molar-refractivity contribution is -0.125. The zero-order valence-electron chi connectivity index (χ0n) is 17.4. The topological polar surface area (TPSA) is 59.1 Å². The van der Waals surface area contributed by atoms with Crippen molar-refractivity contribution in [2.45, 2.75) is 46.1 Å². The van der Waals surface area contributed by atoms with E-state index in [2.05, 4.69) is 6.92 Å². The van der Waals surface area contributed by atoms with Gasteiger partial charge in [0.25, 0.3) is 0 Å². The summed E-state index contributed by atoms with van der Waals surface area (Å²) in [6, 6.07) is 7.68. The van der Waals surface area contributed by atoms with E-state index < -0.39 is 5.60 Å². The summed E-state index contributed by atoms with van der Waals surface area (Å²) >= 11 is 0. The van der Waals surface area contributed by atoms with Gasteiger partial charge in [-0.3, -0.25) is 4.79 Å². The first-order chi connectivity index (χ1) is 13.3. The number of ether oxygens (including phenoxy) is 2. The molecule has 0 spiro atoms. The monoisotopic (exact) mass is 388 g/mol. The van der Waals surface area contributed by atoms with Gasteiger partial charge in [0.1, 0.15) is 11.4 Å². The maximum atomic E-state index is 12.6. The van der Waals surface area contributed by atoms with Crippen LogP contribution in [0, 0.1) is 0 Å². The highest BCUT2D eigenvalue weighted by Gasteiger charge is 2.25. The lowest BCUT2D eigenvalue weighted by Crippen LogP contribution is -2.39. The van der Waals surface area contributed by atoms with Crippen LogP contribution >= 0.6 is 0 Å². The van der Waals surface area contributed by atoms with E-state index in [4.69, 9.17) is 9.47 Å². The minimum atomic E-state index is -0.519. The molecule has 0 bridgehead atoms. The number of nitrogens with zero attached hydrogens (tertiary/aromatic N) is 2. The fraction of sp³-hybridized carbons (Fsp3) is 0.545. The van der Waals surface area contributed by atoms with Gasteiger partial charge < -0.3 is 19.3 Å². The van der Waals surface area contributed by atoms with Crippen molar-refractivity contribution in [3.05, 3.63) is 35.9 Å². The summed E-state index contributed by atoms with van der Waals surface area (Å²) in [5.74, 6) is 0.719. The molecule has 0 radical (unpaired) electrons. The molecule has 6 nitrogen and oxygen atoms in total. The van der Waals surface area contributed by atoms with Crippen LogP contribution in [-0.2, 0) is 9.53 Å². The van der Waals surface area contributed by atoms with Crippen molar-refractivity contribution in [1.82, 2.24) is 9.80 Å². The maximum Gasteiger partial charge on any atom is 0.410 e. The molecule has 0 saturated carbocycles. The van der Waals surface area contributed by atoms with E-state index in [0.29, 0.717) is 32.8 Å². The van der Waals surface area contributed by atoms with E-state index in [1.54, 1.807) is 22.0 Å². The van der Waals surface area contributed by atoms with Gasteiger partial charge in [0.15, 0.2) is 0 Å². The number of benzene rings is 1. The largest absolute Gasteiger partial charge is 0.493 e. The van der Waals surface area contributed by atoms with Crippen LogP contribution in [0.15, 0.2) is 30.3 Å². The van der Waals surface area contributed by atoms with E-state index in [9.17, 15) is 9.59 Å². The molecule has 1 fully saturated rings. The summed E-state index contributed by atoms with van der Waals surface area (Å²) < 4.78 is 11.2. The van der Waals surface area contributed by atoms with E-state index >= 15 is 0 Å². The van der Waals surface area contributed by atoms with Crippen molar-refractivity contribution < 1.29 is 19.1 Å². The van der Waals surface area contributed by atoms with Crippen molar-refractivity contribution in [1.29, 1.82) is 0 Å². The summed E-state index contributed by atoms with van der Waals surface area (Å²) in [5.41, 5.74) is 0.365. The minimum Gasteiger partial charge on any atom is -0.493 e. The van der Waals surface area contributed by atoms with Crippen LogP contribution in [0.25, 0.3) is 6.08 Å². The molecule has 0 atom stereocenters. The summed E-state index contributed by atoms with van der Waals surface area (Å²) in [5, 5.41) is 0. The number of para-hydroxylation sites is 1. The number of amides is 2. The zero-order valence-corrected chi connectivity index (χ0v) is 17.4. The number of hydrogen-bond donors (Lipinski definition) is 0. The summed E-state index contributed by atoms with van der Waals surface area (Å²) in [4.78, 5) is 28.3. The van der Waals surface area contributed by atoms with Crippen LogP contribution in [0.4, 0.5) is 4.79 Å². The molecule has 0 N–H and O–H groups in total. The SMILES string of the molecule is CCCOc1ccccc1/C=C/C(=O)N1CCCN(C(=O)OC(C)(C)C)CC1. The number of carbonyl (C=O) groups excluding carboxylic acids is 2. The standard InChI is InChI=1S/C22H32N2O4/c1-5-17-27-19-10-7-6-9-18(19)11-12-20(25)23-13-8-14-24(16-15-23)21(26)28-22(2,3)4/h6-7,9-12H,5,8,13-17H2,1-4H3/b12-11+. The summed E-state index contributed by atoms with van der Waals surface area (Å²) in [6.07, 6.45) is 4.72. The molecule has 0 aromatic heterocycles. The van der Waals surface area contributed by atoms with E-state index in [-0.39, 0.29) is 12.0 Å². The first-order valence-corrected chi connectivity index (χ1v) is 9.97. The van der Waals surface area contributed by atoms with Crippen LogP contribution < -0.4 is 4.74 Å². The average molecular weight is 389 g/mol. The highest BCUT2D eigenvalue weighted by atomic mass is 16.6. The molecule has 1 aromatic rings. The van der Waals surface area contributed by atoms with Gasteiger partial charge in [-0.1, -0.05) is 25.1 Å². The summed E-state index contributed by atoms with van der Waals surface area (Å²) in [7, 11) is 0. The van der Waals surface area contributed by atoms with Gasteiger partial charge >= 0.3 is 6.09 Å². The first-order valence-electron chi connectivity index (χ1n) is 9.97. The smallest absolute Gasteiger partial charge is 0.410 e. The van der Waals surface area contributed by atoms with E-state index in [0.717, 1.165) is 24.2 Å². The molecule has 28 heavy (non-hydrogen) atoms. The van der Waals surface area contributed by atoms with Crippen LogP contribution in [0.1, 0.15) is 46.1 Å². The highest BCUT2D eigenvalue weighted by molar-refractivity contribution is 5.92. The Morgan fingerprint density at radius 1 is 1.07 bits per heavy atom. The van der Waals surface area contributed by atoms with Gasteiger partial charge in [0.2, 0.25) is 5.91 Å². The van der Waals surface area contributed by atoms with E-state index in [1.165, 1.54) is 0 Å². The third-order valence-corrected chi connectivity index (χ3v) is 4.25. The lowest BCUT2D eigenvalue weighted by Gasteiger charge is -2.26. The summed E-state index contributed by atoms with van der Waals surface area (Å²) in [6.45, 7) is 10.4. The molecule has 1 aliphatic heterocycles. The lowest BCUT2D eigenvalue weighted by atomic mass is 10.2. The molecule has 0 aliphatic carbocycles. The van der Waals surface area contributed by atoms with Gasteiger partial charge in [-0.2, -0.15) is 0 Å². The quantitative estimate of drug-likeness (QED) is 0.717. The molecular weight excluding hydrogens is 356 g/mol. The van der Waals surface area contributed by atoms with Gasteiger partial charge in [-0.15, -0.1) is 0 Å².